The van der Waals surface area contributed by atoms with Crippen molar-refractivity contribution < 1.29 is 142 Å². The summed E-state index contributed by atoms with van der Waals surface area (Å²) in [5.41, 5.74) is 0. The maximum Gasteiger partial charge on any atom is 2.00 e. The Labute approximate surface area is 287 Å². The fraction of sp³-hybridized carbons (Fsp3) is 0.500. The van der Waals surface area contributed by atoms with E-state index >= 15 is 0 Å². The van der Waals surface area contributed by atoms with Gasteiger partial charge in [-0.3, -0.25) is 0 Å². The molecular formula is C24H32CuO25. The number of hydrogen-bond donors (Lipinski definition) is 14. The van der Waals surface area contributed by atoms with Crippen LogP contribution in [0, 0.1) is 0 Å². The third kappa shape index (κ3) is 11.2. The van der Waals surface area contributed by atoms with E-state index in [2.05, 4.69) is 18.9 Å². The molecule has 0 saturated carbocycles. The summed E-state index contributed by atoms with van der Waals surface area (Å²) in [6, 6.07) is 0. The number of hydrogen-bond acceptors (Lipinski definition) is 24. The zero-order valence-corrected chi connectivity index (χ0v) is 25.5. The van der Waals surface area contributed by atoms with E-state index in [1.807, 2.05) is 0 Å². The third-order valence-corrected chi connectivity index (χ3v) is 5.87. The van der Waals surface area contributed by atoms with Crippen molar-refractivity contribution in [1.29, 1.82) is 0 Å². The second-order valence-electron chi connectivity index (χ2n) is 9.20. The number of carbonyl (C=O) groups excluding carboxylic acids is 4. The average molecular weight is 784 g/mol. The van der Waals surface area contributed by atoms with E-state index in [4.69, 9.17) is 71.5 Å². The Morgan fingerprint density at radius 1 is 0.460 bits per heavy atom. The fourth-order valence-electron chi connectivity index (χ4n) is 3.28. The van der Waals surface area contributed by atoms with Gasteiger partial charge < -0.3 is 106 Å². The number of aliphatic hydroxyl groups is 14. The first kappa shape index (κ1) is 47.5. The molecule has 25 nitrogen and oxygen atoms in total. The summed E-state index contributed by atoms with van der Waals surface area (Å²) in [7, 11) is 0. The number of rotatable bonds is 8. The molecule has 4 heterocycles. The van der Waals surface area contributed by atoms with Crippen molar-refractivity contribution in [3.63, 3.8) is 0 Å². The van der Waals surface area contributed by atoms with Crippen molar-refractivity contribution in [2.24, 2.45) is 0 Å². The molecule has 50 heavy (non-hydrogen) atoms. The van der Waals surface area contributed by atoms with Crippen molar-refractivity contribution in [3.8, 4) is 0 Å². The Morgan fingerprint density at radius 3 is 0.800 bits per heavy atom. The van der Waals surface area contributed by atoms with Gasteiger partial charge in [-0.15, -0.1) is 0 Å². The first-order valence-corrected chi connectivity index (χ1v) is 12.7. The summed E-state index contributed by atoms with van der Waals surface area (Å²) >= 11 is 0. The third-order valence-electron chi connectivity index (χ3n) is 5.87. The molecule has 4 rings (SSSR count). The van der Waals surface area contributed by atoms with Crippen LogP contribution in [0.3, 0.4) is 0 Å². The topological polar surface area (TPSA) is 466 Å². The van der Waals surface area contributed by atoms with Gasteiger partial charge in [0.25, 0.3) is 0 Å². The number of cyclic esters (lactones) is 4. The summed E-state index contributed by atoms with van der Waals surface area (Å²) in [6.45, 7) is -2.74. The summed E-state index contributed by atoms with van der Waals surface area (Å²) in [5, 5.41) is 144. The minimum Gasteiger partial charge on any atom is -0.865 e. The molecule has 1 radical (unpaired) electrons. The van der Waals surface area contributed by atoms with Crippen LogP contribution in [0.25, 0.3) is 0 Å². The van der Waals surface area contributed by atoms with E-state index in [1.54, 1.807) is 0 Å². The average Bonchev–Trinajstić information content (AvgIpc) is 3.70. The smallest absolute Gasteiger partial charge is 0.865 e. The maximum absolute atomic E-state index is 10.6. The van der Waals surface area contributed by atoms with Crippen LogP contribution in [-0.2, 0) is 55.2 Å². The summed E-state index contributed by atoms with van der Waals surface area (Å²) < 4.78 is 17.1. The number of carbonyl (C=O) groups is 4. The van der Waals surface area contributed by atoms with Gasteiger partial charge in [-0.05, 0) is 0 Å². The van der Waals surface area contributed by atoms with Crippen LogP contribution < -0.4 is 10.2 Å². The SMILES string of the molecule is O.O=C1O[C@H]([C@@H](O)CO)C(O)=C1O.O=C1O[C@H]([C@@H](O)CO)C(O)=C1O.O=C1O[C@H]([C@@H](O)CO)C(O)=C1[O-].O=C1O[C@H]([C@@H](O)CO)C(O)=C1[O-].[Cu+2]. The summed E-state index contributed by atoms with van der Waals surface area (Å²) in [6.07, 6.45) is -11.3. The van der Waals surface area contributed by atoms with Crippen LogP contribution in [0.15, 0.2) is 46.1 Å². The van der Waals surface area contributed by atoms with E-state index in [-0.39, 0.29) is 22.5 Å². The number of ether oxygens (including phenoxy) is 4. The molecule has 0 amide bonds. The number of aliphatic hydroxyl groups excluding tert-OH is 14. The van der Waals surface area contributed by atoms with Gasteiger partial charge in [0.1, 0.15) is 35.9 Å². The van der Waals surface area contributed by atoms with E-state index < -0.39 is 145 Å². The van der Waals surface area contributed by atoms with Crippen molar-refractivity contribution in [1.82, 2.24) is 0 Å². The van der Waals surface area contributed by atoms with E-state index in [0.717, 1.165) is 0 Å². The van der Waals surface area contributed by atoms with Crippen molar-refractivity contribution >= 4 is 23.9 Å². The molecular weight excluding hydrogens is 752 g/mol. The van der Waals surface area contributed by atoms with Crippen LogP contribution in [0.1, 0.15) is 0 Å². The second kappa shape index (κ2) is 20.8. The first-order chi connectivity index (χ1) is 22.3. The Kier molecular flexibility index (Phi) is 19.8. The van der Waals surface area contributed by atoms with Gasteiger partial charge in [0.15, 0.2) is 35.9 Å². The van der Waals surface area contributed by atoms with E-state index in [0.29, 0.717) is 0 Å². The van der Waals surface area contributed by atoms with Gasteiger partial charge in [0, 0.05) is 11.5 Å². The monoisotopic (exact) mass is 783 g/mol. The molecule has 4 aliphatic heterocycles. The normalized spacial score (nSPS) is 24.8. The summed E-state index contributed by atoms with van der Waals surface area (Å²) in [4.78, 5) is 42.0. The van der Waals surface area contributed by atoms with Gasteiger partial charge in [-0.1, -0.05) is 0 Å². The Morgan fingerprint density at radius 2 is 0.660 bits per heavy atom. The van der Waals surface area contributed by atoms with Crippen molar-refractivity contribution in [2.75, 3.05) is 26.4 Å². The first-order valence-electron chi connectivity index (χ1n) is 12.7. The van der Waals surface area contributed by atoms with Gasteiger partial charge in [0.2, 0.25) is 11.5 Å². The zero-order chi connectivity index (χ0) is 37.2. The maximum atomic E-state index is 10.6. The van der Waals surface area contributed by atoms with Crippen molar-refractivity contribution in [2.45, 2.75) is 48.8 Å². The predicted molar refractivity (Wildman–Crippen MR) is 139 cm³/mol. The molecule has 4 aliphatic rings. The van der Waals surface area contributed by atoms with Gasteiger partial charge in [-0.2, -0.15) is 0 Å². The van der Waals surface area contributed by atoms with Crippen LogP contribution >= 0.6 is 0 Å². The molecule has 0 spiro atoms. The molecule has 26 heteroatoms. The minimum atomic E-state index is -1.46. The standard InChI is InChI=1S/4C6H8O6.Cu.H2O/c4*7-1-2(8)5-3(9)4(10)6(11)12-5;;/h4*2,5,7-10H,1H2;;1H2/q;;;;+2;/p-2/t4*2-,5+;;/m0000../s1. The van der Waals surface area contributed by atoms with Crippen LogP contribution in [-0.4, -0.2) is 176 Å². The molecule has 0 fully saturated rings. The molecule has 8 atom stereocenters. The fourth-order valence-corrected chi connectivity index (χ4v) is 3.28. The molecule has 16 N–H and O–H groups in total. The zero-order valence-electron chi connectivity index (χ0n) is 24.6. The van der Waals surface area contributed by atoms with Gasteiger partial charge >= 0.3 is 40.9 Å². The molecule has 0 aromatic heterocycles. The number of esters is 4. The molecule has 0 saturated heterocycles. The van der Waals surface area contributed by atoms with Gasteiger partial charge in [0.05, 0.1) is 26.4 Å². The molecule has 0 bridgehead atoms. The Hall–Kier alpha value is -4.60. The minimum absolute atomic E-state index is 0. The molecule has 0 unspecified atom stereocenters. The Bertz CT molecular complexity index is 1140. The quantitative estimate of drug-likeness (QED) is 0.0617. The molecule has 289 valence electrons. The molecule has 0 aromatic carbocycles. The second-order valence-corrected chi connectivity index (χ2v) is 9.20. The molecule has 0 aliphatic carbocycles. The summed E-state index contributed by atoms with van der Waals surface area (Å²) in [5.74, 6) is -12.1. The predicted octanol–water partition coefficient (Wildman–Crippen LogP) is -8.85. The molecule has 0 aromatic rings. The van der Waals surface area contributed by atoms with Crippen LogP contribution in [0.2, 0.25) is 0 Å². The largest absolute Gasteiger partial charge is 2.00 e. The van der Waals surface area contributed by atoms with E-state index in [1.165, 1.54) is 0 Å². The van der Waals surface area contributed by atoms with E-state index in [9.17, 15) is 29.4 Å². The van der Waals surface area contributed by atoms with Crippen molar-refractivity contribution in [3.05, 3.63) is 46.1 Å². The van der Waals surface area contributed by atoms with Crippen LogP contribution in [0.4, 0.5) is 0 Å². The Balaban J connectivity index is 0. The van der Waals surface area contributed by atoms with Crippen LogP contribution in [0.5, 0.6) is 0 Å². The van der Waals surface area contributed by atoms with Gasteiger partial charge in [-0.25, -0.2) is 19.2 Å².